The molecule has 0 aliphatic carbocycles. The minimum absolute atomic E-state index is 0.187. The second-order valence-electron chi connectivity index (χ2n) is 7.77. The van der Waals surface area contributed by atoms with Gasteiger partial charge in [0, 0.05) is 44.9 Å². The zero-order chi connectivity index (χ0) is 27.2. The van der Waals surface area contributed by atoms with Crippen LogP contribution in [0, 0.1) is 21.4 Å². The highest BCUT2D eigenvalue weighted by molar-refractivity contribution is 7.99. The summed E-state index contributed by atoms with van der Waals surface area (Å²) in [6, 6.07) is 19.7. The van der Waals surface area contributed by atoms with E-state index in [1.165, 1.54) is 30.0 Å². The number of rotatable bonds is 8. The molecule has 4 rings (SSSR count). The molecule has 0 unspecified atom stereocenters. The Morgan fingerprint density at radius 3 is 2.55 bits per heavy atom. The highest BCUT2D eigenvalue weighted by Gasteiger charge is 2.19. The Balaban J connectivity index is 1.71. The molecule has 0 spiro atoms. The molecule has 38 heavy (non-hydrogen) atoms. The van der Waals surface area contributed by atoms with Crippen molar-refractivity contribution < 1.29 is 9.72 Å². The van der Waals surface area contributed by atoms with Gasteiger partial charge in [-0.1, -0.05) is 35.3 Å². The summed E-state index contributed by atoms with van der Waals surface area (Å²) in [6.45, 7) is 2.48. The van der Waals surface area contributed by atoms with E-state index >= 15 is 0 Å². The van der Waals surface area contributed by atoms with Crippen molar-refractivity contribution in [3.05, 3.63) is 98.0 Å². The largest absolute Gasteiger partial charge is 0.321 e. The molecule has 0 fully saturated rings. The summed E-state index contributed by atoms with van der Waals surface area (Å²) < 4.78 is 1.88. The first kappa shape index (κ1) is 26.9. The van der Waals surface area contributed by atoms with Crippen molar-refractivity contribution in [2.24, 2.45) is 0 Å². The maximum Gasteiger partial charge on any atom is 0.270 e. The van der Waals surface area contributed by atoms with E-state index in [-0.39, 0.29) is 11.3 Å². The van der Waals surface area contributed by atoms with Gasteiger partial charge in [0.2, 0.25) is 0 Å². The number of nitriles is 1. The topological polar surface area (TPSA) is 127 Å². The standard InChI is InChI=1S/C26H18Cl2N6O3S/c1-2-33-24(16-4-3-5-20(28)13-16)31-32-26(33)38-23-11-10-22(34(36)37)14-17(23)12-18(15-29)25(35)30-21-8-6-19(27)7-9-21/h3-14H,2H2,1H3,(H,30,35)/b18-12+. The number of benzene rings is 3. The molecule has 4 aromatic rings. The van der Waals surface area contributed by atoms with Crippen LogP contribution in [0.1, 0.15) is 12.5 Å². The molecule has 0 radical (unpaired) electrons. The van der Waals surface area contributed by atoms with Gasteiger partial charge < -0.3 is 9.88 Å². The fourth-order valence-corrected chi connectivity index (χ4v) is 4.77. The van der Waals surface area contributed by atoms with E-state index in [1.54, 1.807) is 42.5 Å². The molecule has 0 saturated heterocycles. The summed E-state index contributed by atoms with van der Waals surface area (Å²) in [6.07, 6.45) is 1.31. The lowest BCUT2D eigenvalue weighted by Gasteiger charge is -2.10. The van der Waals surface area contributed by atoms with Crippen LogP contribution in [-0.4, -0.2) is 25.6 Å². The first-order valence-corrected chi connectivity index (χ1v) is 12.7. The summed E-state index contributed by atoms with van der Waals surface area (Å²) in [4.78, 5) is 24.3. The van der Waals surface area contributed by atoms with Crippen LogP contribution < -0.4 is 5.32 Å². The van der Waals surface area contributed by atoms with Gasteiger partial charge in [-0.2, -0.15) is 5.26 Å². The zero-order valence-corrected chi connectivity index (χ0v) is 22.1. The lowest BCUT2D eigenvalue weighted by Crippen LogP contribution is -2.13. The van der Waals surface area contributed by atoms with Crippen LogP contribution in [-0.2, 0) is 11.3 Å². The highest BCUT2D eigenvalue weighted by Crippen LogP contribution is 2.35. The van der Waals surface area contributed by atoms with Crippen molar-refractivity contribution in [3.8, 4) is 17.5 Å². The van der Waals surface area contributed by atoms with Crippen LogP contribution in [0.2, 0.25) is 10.0 Å². The van der Waals surface area contributed by atoms with E-state index in [0.717, 1.165) is 5.56 Å². The summed E-state index contributed by atoms with van der Waals surface area (Å²) in [5.41, 5.74) is 1.11. The number of hydrogen-bond donors (Lipinski definition) is 1. The second-order valence-corrected chi connectivity index (χ2v) is 9.65. The number of non-ortho nitro benzene ring substituents is 1. The highest BCUT2D eigenvalue weighted by atomic mass is 35.5. The number of anilines is 1. The van der Waals surface area contributed by atoms with Gasteiger partial charge in [0.1, 0.15) is 11.6 Å². The van der Waals surface area contributed by atoms with Crippen LogP contribution in [0.3, 0.4) is 0 Å². The average molecular weight is 565 g/mol. The van der Waals surface area contributed by atoms with E-state index in [1.807, 2.05) is 29.7 Å². The van der Waals surface area contributed by atoms with Crippen molar-refractivity contribution >= 4 is 58.3 Å². The number of carbonyl (C=O) groups excluding carboxylic acids is 1. The third kappa shape index (κ3) is 6.20. The number of nitro groups is 1. The molecule has 0 bridgehead atoms. The van der Waals surface area contributed by atoms with Crippen molar-refractivity contribution in [2.75, 3.05) is 5.32 Å². The van der Waals surface area contributed by atoms with Gasteiger partial charge in [0.15, 0.2) is 11.0 Å². The number of hydrogen-bond acceptors (Lipinski definition) is 7. The van der Waals surface area contributed by atoms with E-state index in [0.29, 0.717) is 43.7 Å². The van der Waals surface area contributed by atoms with Crippen LogP contribution in [0.5, 0.6) is 0 Å². The van der Waals surface area contributed by atoms with E-state index in [9.17, 15) is 20.2 Å². The zero-order valence-electron chi connectivity index (χ0n) is 19.8. The number of nitrogens with zero attached hydrogens (tertiary/aromatic N) is 5. The van der Waals surface area contributed by atoms with Crippen molar-refractivity contribution in [1.29, 1.82) is 5.26 Å². The van der Waals surface area contributed by atoms with Gasteiger partial charge in [-0.05, 0) is 72.8 Å². The third-order valence-electron chi connectivity index (χ3n) is 5.29. The molecule has 12 heteroatoms. The summed E-state index contributed by atoms with van der Waals surface area (Å²) >= 11 is 13.2. The van der Waals surface area contributed by atoms with E-state index in [2.05, 4.69) is 15.5 Å². The van der Waals surface area contributed by atoms with Gasteiger partial charge >= 0.3 is 0 Å². The normalized spacial score (nSPS) is 11.2. The molecule has 190 valence electrons. The van der Waals surface area contributed by atoms with Gasteiger partial charge in [0.25, 0.3) is 11.6 Å². The Hall–Kier alpha value is -4.17. The monoisotopic (exact) mass is 564 g/mol. The molecule has 0 aliphatic rings. The average Bonchev–Trinajstić information content (AvgIpc) is 3.31. The number of amides is 1. The summed E-state index contributed by atoms with van der Waals surface area (Å²) in [7, 11) is 0. The number of halogens is 2. The Labute approximate surface area is 231 Å². The van der Waals surface area contributed by atoms with Gasteiger partial charge in [-0.3, -0.25) is 14.9 Å². The first-order valence-electron chi connectivity index (χ1n) is 11.1. The SMILES string of the molecule is CCn1c(Sc2ccc([N+](=O)[O-])cc2/C=C(\C#N)C(=O)Nc2ccc(Cl)cc2)nnc1-c1cccc(Cl)c1. The molecular formula is C26H18Cl2N6O3S. The fraction of sp³-hybridized carbons (Fsp3) is 0.0769. The molecule has 1 amide bonds. The van der Waals surface area contributed by atoms with E-state index in [4.69, 9.17) is 23.2 Å². The van der Waals surface area contributed by atoms with Crippen molar-refractivity contribution in [1.82, 2.24) is 14.8 Å². The van der Waals surface area contributed by atoms with Crippen LogP contribution in [0.25, 0.3) is 17.5 Å². The molecule has 1 N–H and O–H groups in total. The summed E-state index contributed by atoms with van der Waals surface area (Å²) in [5, 5.41) is 34.0. The predicted molar refractivity (Wildman–Crippen MR) is 147 cm³/mol. The first-order chi connectivity index (χ1) is 18.3. The number of aromatic nitrogens is 3. The molecule has 9 nitrogen and oxygen atoms in total. The number of nitro benzene ring substituents is 1. The number of nitrogens with one attached hydrogen (secondary N) is 1. The minimum Gasteiger partial charge on any atom is -0.321 e. The molecule has 3 aromatic carbocycles. The Morgan fingerprint density at radius 2 is 1.89 bits per heavy atom. The molecule has 0 atom stereocenters. The minimum atomic E-state index is -0.669. The van der Waals surface area contributed by atoms with Crippen LogP contribution >= 0.6 is 35.0 Å². The Bertz CT molecular complexity index is 1600. The van der Waals surface area contributed by atoms with Crippen molar-refractivity contribution in [2.45, 2.75) is 23.5 Å². The molecule has 1 aromatic heterocycles. The summed E-state index contributed by atoms with van der Waals surface area (Å²) in [5.74, 6) is -0.0613. The number of carbonyl (C=O) groups is 1. The molecule has 0 aliphatic heterocycles. The van der Waals surface area contributed by atoms with Gasteiger partial charge in [-0.25, -0.2) is 0 Å². The maximum atomic E-state index is 12.8. The second kappa shape index (κ2) is 11.9. The Kier molecular flexibility index (Phi) is 8.43. The van der Waals surface area contributed by atoms with Crippen LogP contribution in [0.15, 0.2) is 82.4 Å². The smallest absolute Gasteiger partial charge is 0.270 e. The lowest BCUT2D eigenvalue weighted by molar-refractivity contribution is -0.384. The van der Waals surface area contributed by atoms with Crippen molar-refractivity contribution in [3.63, 3.8) is 0 Å². The fourth-order valence-electron chi connectivity index (χ4n) is 3.48. The maximum absolute atomic E-state index is 12.8. The Morgan fingerprint density at radius 1 is 1.13 bits per heavy atom. The van der Waals surface area contributed by atoms with E-state index < -0.39 is 10.8 Å². The molecule has 0 saturated carbocycles. The van der Waals surface area contributed by atoms with Gasteiger partial charge in [0.05, 0.1) is 4.92 Å². The predicted octanol–water partition coefficient (Wildman–Crippen LogP) is 6.88. The van der Waals surface area contributed by atoms with Gasteiger partial charge in [-0.15, -0.1) is 10.2 Å². The molecule has 1 heterocycles. The van der Waals surface area contributed by atoms with Crippen LogP contribution in [0.4, 0.5) is 11.4 Å². The molecular weight excluding hydrogens is 547 g/mol. The third-order valence-corrected chi connectivity index (χ3v) is 6.85. The lowest BCUT2D eigenvalue weighted by atomic mass is 10.1. The quantitative estimate of drug-likeness (QED) is 0.107.